The van der Waals surface area contributed by atoms with Crippen LogP contribution in [0.2, 0.25) is 5.02 Å². The van der Waals surface area contributed by atoms with Crippen molar-refractivity contribution in [2.45, 2.75) is 37.4 Å². The maximum Gasteiger partial charge on any atom is 0.279 e. The lowest BCUT2D eigenvalue weighted by atomic mass is 9.97. The Kier molecular flexibility index (Phi) is 7.20. The SMILES string of the molecule is CCn1c(SC)nnc1[C@H]1CCC[NH+](CC(=O)Nc2cc(Cl)ccc2OC)C1. The first kappa shape index (κ1) is 21.0. The Bertz CT molecular complexity index is 829. The summed E-state index contributed by atoms with van der Waals surface area (Å²) in [6.07, 6.45) is 4.17. The van der Waals surface area contributed by atoms with E-state index in [1.165, 1.54) is 4.90 Å². The van der Waals surface area contributed by atoms with Crippen molar-refractivity contribution < 1.29 is 14.4 Å². The van der Waals surface area contributed by atoms with E-state index in [4.69, 9.17) is 16.3 Å². The summed E-state index contributed by atoms with van der Waals surface area (Å²) in [5, 5.41) is 13.2. The molecule has 1 aromatic carbocycles. The van der Waals surface area contributed by atoms with Gasteiger partial charge in [0.2, 0.25) is 0 Å². The molecule has 152 valence electrons. The number of likely N-dealkylation sites (tertiary alicyclic amines) is 1. The van der Waals surface area contributed by atoms with E-state index in [2.05, 4.69) is 27.0 Å². The lowest BCUT2D eigenvalue weighted by Gasteiger charge is -2.29. The van der Waals surface area contributed by atoms with Crippen molar-refractivity contribution in [2.75, 3.05) is 38.3 Å². The molecule has 2 N–H and O–H groups in total. The molecule has 1 amide bonds. The Balaban J connectivity index is 1.64. The van der Waals surface area contributed by atoms with Gasteiger partial charge in [-0.05, 0) is 44.2 Å². The second-order valence-corrected chi connectivity index (χ2v) is 8.11. The molecule has 2 atom stereocenters. The number of hydrogen-bond donors (Lipinski definition) is 2. The molecule has 1 unspecified atom stereocenters. The van der Waals surface area contributed by atoms with E-state index >= 15 is 0 Å². The molecule has 9 heteroatoms. The Morgan fingerprint density at radius 3 is 3.00 bits per heavy atom. The fourth-order valence-corrected chi connectivity index (χ4v) is 4.52. The summed E-state index contributed by atoms with van der Waals surface area (Å²) in [6.45, 7) is 5.24. The van der Waals surface area contributed by atoms with Crippen molar-refractivity contribution in [1.82, 2.24) is 14.8 Å². The lowest BCUT2D eigenvalue weighted by molar-refractivity contribution is -0.898. The number of carbonyl (C=O) groups is 1. The van der Waals surface area contributed by atoms with E-state index in [-0.39, 0.29) is 5.91 Å². The van der Waals surface area contributed by atoms with Gasteiger partial charge in [-0.3, -0.25) is 4.79 Å². The van der Waals surface area contributed by atoms with E-state index in [0.717, 1.165) is 43.5 Å². The summed E-state index contributed by atoms with van der Waals surface area (Å²) in [4.78, 5) is 13.9. The molecule has 3 rings (SSSR count). The molecule has 0 saturated carbocycles. The summed E-state index contributed by atoms with van der Waals surface area (Å²) < 4.78 is 7.49. The van der Waals surface area contributed by atoms with Crippen LogP contribution in [0.25, 0.3) is 0 Å². The number of benzene rings is 1. The average molecular weight is 425 g/mol. The number of carbonyl (C=O) groups excluding carboxylic acids is 1. The Labute approximate surface area is 174 Å². The zero-order chi connectivity index (χ0) is 20.1. The molecular weight excluding hydrogens is 398 g/mol. The standard InChI is InChI=1S/C19H26ClN5O2S/c1-4-25-18(22-23-19(25)28-3)13-6-5-9-24(11-13)12-17(26)21-15-10-14(20)7-8-16(15)27-2/h7-8,10,13H,4-6,9,11-12H2,1-3H3,(H,21,26)/p+1/t13-/m0/s1. The quantitative estimate of drug-likeness (QED) is 0.666. The number of amides is 1. The van der Waals surface area contributed by atoms with Gasteiger partial charge in [0.15, 0.2) is 11.7 Å². The minimum atomic E-state index is -0.0435. The second-order valence-electron chi connectivity index (χ2n) is 6.90. The van der Waals surface area contributed by atoms with Gasteiger partial charge in [0.1, 0.15) is 11.6 Å². The summed E-state index contributed by atoms with van der Waals surface area (Å²) in [5.41, 5.74) is 0.600. The van der Waals surface area contributed by atoms with Crippen LogP contribution in [0.1, 0.15) is 31.5 Å². The first-order valence-electron chi connectivity index (χ1n) is 9.49. The van der Waals surface area contributed by atoms with Crippen molar-refractivity contribution in [3.8, 4) is 5.75 Å². The third kappa shape index (κ3) is 4.79. The van der Waals surface area contributed by atoms with Gasteiger partial charge in [-0.1, -0.05) is 23.4 Å². The third-order valence-electron chi connectivity index (χ3n) is 5.07. The first-order chi connectivity index (χ1) is 13.5. The molecule has 1 aromatic heterocycles. The number of nitrogens with one attached hydrogen (secondary N) is 2. The maximum absolute atomic E-state index is 12.6. The molecule has 1 aliphatic rings. The highest BCUT2D eigenvalue weighted by Gasteiger charge is 2.30. The summed E-state index contributed by atoms with van der Waals surface area (Å²) >= 11 is 7.67. The number of ether oxygens (including phenoxy) is 1. The van der Waals surface area contributed by atoms with Crippen molar-refractivity contribution >= 4 is 35.0 Å². The molecule has 0 radical (unpaired) electrons. The number of aromatic nitrogens is 3. The predicted molar refractivity (Wildman–Crippen MR) is 112 cm³/mol. The topological polar surface area (TPSA) is 73.5 Å². The van der Waals surface area contributed by atoms with Crippen LogP contribution >= 0.6 is 23.4 Å². The summed E-state index contributed by atoms with van der Waals surface area (Å²) in [6, 6.07) is 5.20. The van der Waals surface area contributed by atoms with Gasteiger partial charge in [-0.2, -0.15) is 0 Å². The second kappa shape index (κ2) is 9.62. The molecule has 28 heavy (non-hydrogen) atoms. The van der Waals surface area contributed by atoms with Crippen molar-refractivity contribution in [2.24, 2.45) is 0 Å². The van der Waals surface area contributed by atoms with Crippen LogP contribution in [0.15, 0.2) is 23.4 Å². The highest BCUT2D eigenvalue weighted by atomic mass is 35.5. The van der Waals surface area contributed by atoms with Crippen LogP contribution in [0.4, 0.5) is 5.69 Å². The largest absolute Gasteiger partial charge is 0.495 e. The molecule has 2 heterocycles. The van der Waals surface area contributed by atoms with Crippen LogP contribution in [-0.4, -0.2) is 53.7 Å². The van der Waals surface area contributed by atoms with Crippen LogP contribution in [-0.2, 0) is 11.3 Å². The molecule has 1 aliphatic heterocycles. The summed E-state index contributed by atoms with van der Waals surface area (Å²) in [5.74, 6) is 1.93. The van der Waals surface area contributed by atoms with Crippen LogP contribution in [0.3, 0.4) is 0 Å². The van der Waals surface area contributed by atoms with Gasteiger partial charge < -0.3 is 19.5 Å². The first-order valence-corrected chi connectivity index (χ1v) is 11.1. The molecule has 2 aromatic rings. The Morgan fingerprint density at radius 1 is 1.46 bits per heavy atom. The molecule has 1 fully saturated rings. The molecule has 0 spiro atoms. The number of nitrogens with zero attached hydrogens (tertiary/aromatic N) is 3. The van der Waals surface area contributed by atoms with E-state index in [1.54, 1.807) is 37.1 Å². The van der Waals surface area contributed by atoms with Crippen molar-refractivity contribution in [1.29, 1.82) is 0 Å². The van der Waals surface area contributed by atoms with E-state index in [9.17, 15) is 4.79 Å². The lowest BCUT2D eigenvalue weighted by Crippen LogP contribution is -3.14. The minimum Gasteiger partial charge on any atom is -0.495 e. The zero-order valence-corrected chi connectivity index (χ0v) is 18.1. The van der Waals surface area contributed by atoms with Crippen LogP contribution < -0.4 is 15.0 Å². The van der Waals surface area contributed by atoms with Gasteiger partial charge in [0, 0.05) is 11.6 Å². The molecule has 0 aliphatic carbocycles. The highest BCUT2D eigenvalue weighted by molar-refractivity contribution is 7.98. The van der Waals surface area contributed by atoms with E-state index < -0.39 is 0 Å². The molecule has 1 saturated heterocycles. The molecule has 0 bridgehead atoms. The van der Waals surface area contributed by atoms with E-state index in [0.29, 0.717) is 28.9 Å². The number of hydrogen-bond acceptors (Lipinski definition) is 5. The normalized spacial score (nSPS) is 19.4. The number of piperidine rings is 1. The van der Waals surface area contributed by atoms with Gasteiger partial charge in [0.25, 0.3) is 5.91 Å². The van der Waals surface area contributed by atoms with Crippen molar-refractivity contribution in [3.05, 3.63) is 29.0 Å². The van der Waals surface area contributed by atoms with Gasteiger partial charge in [-0.15, -0.1) is 10.2 Å². The Hall–Kier alpha value is -1.77. The fraction of sp³-hybridized carbons (Fsp3) is 0.526. The smallest absolute Gasteiger partial charge is 0.279 e. The maximum atomic E-state index is 12.6. The van der Waals surface area contributed by atoms with Gasteiger partial charge in [-0.25, -0.2) is 0 Å². The fourth-order valence-electron chi connectivity index (χ4n) is 3.78. The third-order valence-corrected chi connectivity index (χ3v) is 5.98. The monoisotopic (exact) mass is 424 g/mol. The summed E-state index contributed by atoms with van der Waals surface area (Å²) in [7, 11) is 1.58. The van der Waals surface area contributed by atoms with Crippen LogP contribution in [0, 0.1) is 0 Å². The Morgan fingerprint density at radius 2 is 2.29 bits per heavy atom. The van der Waals surface area contributed by atoms with Crippen LogP contribution in [0.5, 0.6) is 5.75 Å². The molecule has 7 nitrogen and oxygen atoms in total. The van der Waals surface area contributed by atoms with Gasteiger partial charge in [0.05, 0.1) is 31.8 Å². The predicted octanol–water partition coefficient (Wildman–Crippen LogP) is 2.08. The number of methoxy groups -OCH3 is 1. The zero-order valence-electron chi connectivity index (χ0n) is 16.5. The van der Waals surface area contributed by atoms with E-state index in [1.807, 2.05) is 6.26 Å². The van der Waals surface area contributed by atoms with Crippen molar-refractivity contribution in [3.63, 3.8) is 0 Å². The van der Waals surface area contributed by atoms with Gasteiger partial charge >= 0.3 is 0 Å². The molecular formula is C19H27ClN5O2S+. The number of thioether (sulfide) groups is 1. The number of quaternary nitrogens is 1. The number of rotatable bonds is 7. The number of anilines is 1. The number of halogens is 1. The minimum absolute atomic E-state index is 0.0435. The average Bonchev–Trinajstić information content (AvgIpc) is 3.11. The highest BCUT2D eigenvalue weighted by Crippen LogP contribution is 2.27.